The number of benzene rings is 1. The molecule has 0 aliphatic heterocycles. The second-order valence-electron chi connectivity index (χ2n) is 3.95. The Bertz CT molecular complexity index is 505. The summed E-state index contributed by atoms with van der Waals surface area (Å²) in [6.07, 6.45) is 1.72. The molecule has 0 amide bonds. The zero-order valence-electron chi connectivity index (χ0n) is 9.29. The number of nitrogens with zero attached hydrogens (tertiary/aromatic N) is 1. The molecule has 0 saturated carbocycles. The lowest BCUT2D eigenvalue weighted by Gasteiger charge is -2.13. The fourth-order valence-corrected chi connectivity index (χ4v) is 2.02. The molecule has 0 radical (unpaired) electrons. The van der Waals surface area contributed by atoms with Crippen LogP contribution in [0.25, 0.3) is 0 Å². The highest BCUT2D eigenvalue weighted by Crippen LogP contribution is 2.22. The Morgan fingerprint density at radius 1 is 1.38 bits per heavy atom. The lowest BCUT2D eigenvalue weighted by atomic mass is 9.99. The van der Waals surface area contributed by atoms with Gasteiger partial charge in [0.1, 0.15) is 10.4 Å². The van der Waals surface area contributed by atoms with Crippen molar-refractivity contribution in [1.29, 1.82) is 0 Å². The molecule has 4 heteroatoms. The van der Waals surface area contributed by atoms with Gasteiger partial charge < -0.3 is 10.7 Å². The second kappa shape index (κ2) is 4.39. The topological polar surface area (TPSA) is 54.7 Å². The number of hydrogen-bond acceptors (Lipinski definition) is 2. The van der Waals surface area contributed by atoms with Crippen molar-refractivity contribution >= 4 is 15.9 Å². The Kier molecular flexibility index (Phi) is 3.12. The quantitative estimate of drug-likeness (QED) is 0.888. The van der Waals surface area contributed by atoms with Crippen molar-refractivity contribution < 1.29 is 0 Å². The third-order valence-electron chi connectivity index (χ3n) is 2.63. The summed E-state index contributed by atoms with van der Waals surface area (Å²) in [4.78, 5) is 7.34. The van der Waals surface area contributed by atoms with E-state index in [4.69, 9.17) is 5.73 Å². The number of nitrogens with two attached hydrogens (primary N) is 1. The largest absolute Gasteiger partial charge is 0.335 e. The van der Waals surface area contributed by atoms with Gasteiger partial charge in [-0.1, -0.05) is 23.8 Å². The fourth-order valence-electron chi connectivity index (χ4n) is 1.71. The van der Waals surface area contributed by atoms with Gasteiger partial charge >= 0.3 is 0 Å². The van der Waals surface area contributed by atoms with E-state index in [1.54, 1.807) is 6.20 Å². The van der Waals surface area contributed by atoms with Crippen molar-refractivity contribution in [3.8, 4) is 0 Å². The Morgan fingerprint density at radius 3 is 2.75 bits per heavy atom. The molecule has 0 bridgehead atoms. The van der Waals surface area contributed by atoms with E-state index >= 15 is 0 Å². The Balaban J connectivity index is 2.40. The molecule has 0 fully saturated rings. The third-order valence-corrected chi connectivity index (χ3v) is 3.03. The number of aromatic nitrogens is 2. The predicted molar refractivity (Wildman–Crippen MR) is 68.2 cm³/mol. The van der Waals surface area contributed by atoms with E-state index in [0.29, 0.717) is 0 Å². The first kappa shape index (κ1) is 11.4. The normalized spacial score (nSPS) is 12.8. The highest BCUT2D eigenvalue weighted by atomic mass is 79.9. The van der Waals surface area contributed by atoms with Crippen molar-refractivity contribution in [3.63, 3.8) is 0 Å². The second-order valence-corrected chi connectivity index (χ2v) is 4.81. The zero-order chi connectivity index (χ0) is 11.7. The third kappa shape index (κ3) is 2.18. The first-order valence-electron chi connectivity index (χ1n) is 5.11. The Morgan fingerprint density at radius 2 is 2.12 bits per heavy atom. The molecular formula is C12H14BrN3. The average molecular weight is 280 g/mol. The van der Waals surface area contributed by atoms with Crippen LogP contribution < -0.4 is 5.73 Å². The molecule has 84 valence electrons. The number of aryl methyl sites for hydroxylation is 2. The number of H-pyrrole nitrogens is 1. The number of hydrogen-bond donors (Lipinski definition) is 2. The van der Waals surface area contributed by atoms with Crippen LogP contribution >= 0.6 is 15.9 Å². The summed E-state index contributed by atoms with van der Waals surface area (Å²) in [6.45, 7) is 4.13. The first-order valence-corrected chi connectivity index (χ1v) is 5.90. The van der Waals surface area contributed by atoms with Crippen LogP contribution in [0, 0.1) is 13.8 Å². The molecule has 1 aromatic heterocycles. The van der Waals surface area contributed by atoms with Gasteiger partial charge in [-0.05, 0) is 40.9 Å². The predicted octanol–water partition coefficient (Wildman–Crippen LogP) is 2.84. The van der Waals surface area contributed by atoms with Crippen LogP contribution in [0.1, 0.15) is 28.6 Å². The van der Waals surface area contributed by atoms with Crippen LogP contribution in [0.3, 0.4) is 0 Å². The van der Waals surface area contributed by atoms with Gasteiger partial charge in [-0.15, -0.1) is 0 Å². The highest BCUT2D eigenvalue weighted by molar-refractivity contribution is 9.10. The number of nitrogens with one attached hydrogen (secondary N) is 1. The minimum absolute atomic E-state index is 0.203. The fraction of sp³-hybridized carbons (Fsp3) is 0.250. The van der Waals surface area contributed by atoms with Crippen LogP contribution in [-0.4, -0.2) is 9.97 Å². The summed E-state index contributed by atoms with van der Waals surface area (Å²) in [5.41, 5.74) is 9.69. The maximum atomic E-state index is 6.18. The molecule has 2 rings (SSSR count). The molecule has 3 N–H and O–H groups in total. The van der Waals surface area contributed by atoms with Crippen LogP contribution in [0.4, 0.5) is 0 Å². The SMILES string of the molecule is Cc1ccc(C)c(C(N)c2ncc(Br)[nH]2)c1. The molecular weight excluding hydrogens is 266 g/mol. The number of imidazole rings is 1. The molecule has 1 aromatic carbocycles. The van der Waals surface area contributed by atoms with Gasteiger partial charge in [-0.25, -0.2) is 4.98 Å². The molecule has 3 nitrogen and oxygen atoms in total. The summed E-state index contributed by atoms with van der Waals surface area (Å²) in [7, 11) is 0. The summed E-state index contributed by atoms with van der Waals surface area (Å²) in [5.74, 6) is 0.778. The van der Waals surface area contributed by atoms with Gasteiger partial charge in [0, 0.05) is 0 Å². The van der Waals surface area contributed by atoms with Crippen LogP contribution in [0.5, 0.6) is 0 Å². The first-order chi connectivity index (χ1) is 7.58. The molecule has 1 atom stereocenters. The van der Waals surface area contributed by atoms with E-state index in [1.165, 1.54) is 11.1 Å². The lowest BCUT2D eigenvalue weighted by Crippen LogP contribution is -2.15. The van der Waals surface area contributed by atoms with E-state index in [0.717, 1.165) is 16.0 Å². The molecule has 1 heterocycles. The maximum absolute atomic E-state index is 6.18. The summed E-state index contributed by atoms with van der Waals surface area (Å²) in [5, 5.41) is 0. The maximum Gasteiger partial charge on any atom is 0.128 e. The number of rotatable bonds is 2. The van der Waals surface area contributed by atoms with E-state index in [2.05, 4.69) is 57.9 Å². The van der Waals surface area contributed by atoms with Gasteiger partial charge in [0.05, 0.1) is 12.2 Å². The van der Waals surface area contributed by atoms with Gasteiger partial charge in [-0.2, -0.15) is 0 Å². The van der Waals surface area contributed by atoms with Crippen LogP contribution in [-0.2, 0) is 0 Å². The van der Waals surface area contributed by atoms with E-state index in [-0.39, 0.29) is 6.04 Å². The Hall–Kier alpha value is -1.13. The van der Waals surface area contributed by atoms with Gasteiger partial charge in [-0.3, -0.25) is 0 Å². The van der Waals surface area contributed by atoms with Crippen molar-refractivity contribution in [1.82, 2.24) is 9.97 Å². The molecule has 16 heavy (non-hydrogen) atoms. The van der Waals surface area contributed by atoms with Crippen LogP contribution in [0.2, 0.25) is 0 Å². The van der Waals surface area contributed by atoms with Gasteiger partial charge in [0.25, 0.3) is 0 Å². The van der Waals surface area contributed by atoms with Crippen molar-refractivity contribution in [2.75, 3.05) is 0 Å². The van der Waals surface area contributed by atoms with Gasteiger partial charge in [0.2, 0.25) is 0 Å². The Labute approximate surface area is 103 Å². The van der Waals surface area contributed by atoms with E-state index in [1.807, 2.05) is 0 Å². The summed E-state index contributed by atoms with van der Waals surface area (Å²) < 4.78 is 0.850. The van der Waals surface area contributed by atoms with Gasteiger partial charge in [0.15, 0.2) is 0 Å². The number of halogens is 1. The number of aromatic amines is 1. The highest BCUT2D eigenvalue weighted by Gasteiger charge is 2.14. The van der Waals surface area contributed by atoms with Crippen LogP contribution in [0.15, 0.2) is 29.0 Å². The monoisotopic (exact) mass is 279 g/mol. The minimum Gasteiger partial charge on any atom is -0.335 e. The minimum atomic E-state index is -0.203. The van der Waals surface area contributed by atoms with E-state index < -0.39 is 0 Å². The standard InChI is InChI=1S/C12H14BrN3/c1-7-3-4-8(2)9(5-7)11(14)12-15-6-10(13)16-12/h3-6,11H,14H2,1-2H3,(H,15,16). The molecule has 0 aliphatic rings. The molecule has 2 aromatic rings. The molecule has 0 spiro atoms. The van der Waals surface area contributed by atoms with Crippen molar-refractivity contribution in [2.45, 2.75) is 19.9 Å². The van der Waals surface area contributed by atoms with Crippen molar-refractivity contribution in [2.24, 2.45) is 5.73 Å². The van der Waals surface area contributed by atoms with Crippen molar-refractivity contribution in [3.05, 3.63) is 51.5 Å². The summed E-state index contributed by atoms with van der Waals surface area (Å²) >= 11 is 3.33. The average Bonchev–Trinajstić information content (AvgIpc) is 2.67. The summed E-state index contributed by atoms with van der Waals surface area (Å²) in [6, 6.07) is 6.08. The van der Waals surface area contributed by atoms with E-state index in [9.17, 15) is 0 Å². The lowest BCUT2D eigenvalue weighted by molar-refractivity contribution is 0.792. The molecule has 0 saturated heterocycles. The smallest absolute Gasteiger partial charge is 0.128 e. The molecule has 1 unspecified atom stereocenters. The molecule has 0 aliphatic carbocycles. The zero-order valence-corrected chi connectivity index (χ0v) is 10.9.